The minimum atomic E-state index is -0.297. The van der Waals surface area contributed by atoms with Crippen molar-refractivity contribution in [1.82, 2.24) is 24.5 Å². The van der Waals surface area contributed by atoms with E-state index in [1.165, 1.54) is 12.1 Å². The zero-order chi connectivity index (χ0) is 20.5. The molecule has 0 saturated heterocycles. The highest BCUT2D eigenvalue weighted by molar-refractivity contribution is 9.10. The first-order valence-corrected chi connectivity index (χ1v) is 9.91. The van der Waals surface area contributed by atoms with E-state index in [1.807, 2.05) is 42.8 Å². The van der Waals surface area contributed by atoms with E-state index in [2.05, 4.69) is 31.3 Å². The van der Waals surface area contributed by atoms with Crippen molar-refractivity contribution in [1.29, 1.82) is 0 Å². The van der Waals surface area contributed by atoms with E-state index < -0.39 is 0 Å². The number of pyridine rings is 1. The van der Waals surface area contributed by atoms with Gasteiger partial charge < -0.3 is 9.72 Å². The number of carbonyl (C=O) groups excluding carboxylic acids is 1. The maximum atomic E-state index is 13.2. The molecule has 29 heavy (non-hydrogen) atoms. The molecule has 8 heteroatoms. The predicted octanol–water partition coefficient (Wildman–Crippen LogP) is 3.90. The Labute approximate surface area is 175 Å². The van der Waals surface area contributed by atoms with Crippen LogP contribution in [-0.2, 0) is 17.8 Å². The summed E-state index contributed by atoms with van der Waals surface area (Å²) in [5.74, 6) is -0.401. The van der Waals surface area contributed by atoms with Gasteiger partial charge in [-0.25, -0.2) is 14.1 Å². The molecule has 4 rings (SSSR count). The highest BCUT2D eigenvalue weighted by Gasteiger charge is 2.16. The van der Waals surface area contributed by atoms with Gasteiger partial charge in [0.1, 0.15) is 11.5 Å². The molecule has 0 fully saturated rings. The van der Waals surface area contributed by atoms with Gasteiger partial charge in [0.15, 0.2) is 0 Å². The molecule has 6 nitrogen and oxygen atoms in total. The van der Waals surface area contributed by atoms with E-state index in [0.29, 0.717) is 6.54 Å². The zero-order valence-electron chi connectivity index (χ0n) is 16.0. The van der Waals surface area contributed by atoms with Crippen LogP contribution in [0.15, 0.2) is 53.3 Å². The molecule has 148 valence electrons. The smallest absolute Gasteiger partial charge is 0.224 e. The molecule has 4 aromatic rings. The van der Waals surface area contributed by atoms with Crippen LogP contribution in [0, 0.1) is 19.7 Å². The van der Waals surface area contributed by atoms with E-state index in [9.17, 15) is 9.18 Å². The molecule has 0 aliphatic carbocycles. The topological polar surface area (TPSA) is 64.2 Å². The largest absolute Gasteiger partial charge is 0.350 e. The number of carbonyl (C=O) groups is 1. The lowest BCUT2D eigenvalue weighted by molar-refractivity contribution is -0.120. The second kappa shape index (κ2) is 7.79. The lowest BCUT2D eigenvalue weighted by atomic mass is 10.1. The molecule has 1 N–H and O–H groups in total. The number of aryl methyl sites for hydroxylation is 1. The monoisotopic (exact) mass is 455 g/mol. The molecule has 1 amide bonds. The third-order valence-corrected chi connectivity index (χ3v) is 5.25. The quantitative estimate of drug-likeness (QED) is 0.496. The van der Waals surface area contributed by atoms with Crippen molar-refractivity contribution in [3.05, 3.63) is 81.7 Å². The van der Waals surface area contributed by atoms with Crippen LogP contribution in [0.5, 0.6) is 0 Å². The molecule has 0 atom stereocenters. The maximum absolute atomic E-state index is 13.2. The fourth-order valence-electron chi connectivity index (χ4n) is 3.28. The van der Waals surface area contributed by atoms with Gasteiger partial charge in [-0.15, -0.1) is 0 Å². The summed E-state index contributed by atoms with van der Waals surface area (Å²) in [5.41, 5.74) is 4.87. The molecule has 0 aliphatic heterocycles. The Morgan fingerprint density at radius 3 is 2.66 bits per heavy atom. The van der Waals surface area contributed by atoms with E-state index in [-0.39, 0.29) is 18.1 Å². The molecule has 3 aromatic heterocycles. The van der Waals surface area contributed by atoms with Gasteiger partial charge in [-0.05, 0) is 66.2 Å². The number of hydrogen-bond acceptors (Lipinski definition) is 3. The number of halogens is 2. The number of hydrogen-bond donors (Lipinski definition) is 1. The Bertz CT molecular complexity index is 1200. The lowest BCUT2D eigenvalue weighted by Gasteiger charge is -2.06. The Morgan fingerprint density at radius 1 is 1.14 bits per heavy atom. The number of fused-ring (bicyclic) bond motifs is 1. The van der Waals surface area contributed by atoms with Gasteiger partial charge in [-0.2, -0.15) is 5.10 Å². The summed E-state index contributed by atoms with van der Waals surface area (Å²) in [6.45, 7) is 4.13. The van der Waals surface area contributed by atoms with Gasteiger partial charge in [0.2, 0.25) is 5.91 Å². The van der Waals surface area contributed by atoms with Crippen LogP contribution in [0.4, 0.5) is 4.39 Å². The van der Waals surface area contributed by atoms with Gasteiger partial charge in [0, 0.05) is 28.1 Å². The summed E-state index contributed by atoms with van der Waals surface area (Å²) in [6.07, 6.45) is 4.03. The summed E-state index contributed by atoms with van der Waals surface area (Å²) in [4.78, 5) is 17.0. The minimum Gasteiger partial charge on any atom is -0.350 e. The highest BCUT2D eigenvalue weighted by atomic mass is 79.9. The Hall–Kier alpha value is -3.00. The van der Waals surface area contributed by atoms with Gasteiger partial charge in [-0.1, -0.05) is 0 Å². The molecule has 0 unspecified atom stereocenters. The Kier molecular flexibility index (Phi) is 5.19. The predicted molar refractivity (Wildman–Crippen MR) is 111 cm³/mol. The molecular weight excluding hydrogens is 437 g/mol. The molecule has 0 saturated carbocycles. The van der Waals surface area contributed by atoms with Gasteiger partial charge >= 0.3 is 0 Å². The second-order valence-electron chi connectivity index (χ2n) is 6.84. The SMILES string of the molecule is Cc1nn(-c2ccc(F)cc2)c(C)c1CC(=O)NCc1cn2cc(Br)ccc2n1. The van der Waals surface area contributed by atoms with Crippen molar-refractivity contribution >= 4 is 27.5 Å². The number of nitrogens with one attached hydrogen (secondary N) is 1. The van der Waals surface area contributed by atoms with E-state index in [0.717, 1.165) is 38.5 Å². The maximum Gasteiger partial charge on any atom is 0.224 e. The average Bonchev–Trinajstić information content (AvgIpc) is 3.22. The zero-order valence-corrected chi connectivity index (χ0v) is 17.6. The molecule has 0 spiro atoms. The third-order valence-electron chi connectivity index (χ3n) is 4.78. The van der Waals surface area contributed by atoms with Crippen molar-refractivity contribution in [2.75, 3.05) is 0 Å². The molecule has 0 radical (unpaired) electrons. The summed E-state index contributed by atoms with van der Waals surface area (Å²) in [7, 11) is 0. The molecular formula is C21H19BrFN5O. The van der Waals surface area contributed by atoms with E-state index in [1.54, 1.807) is 16.8 Å². The fraction of sp³-hybridized carbons (Fsp3) is 0.190. The lowest BCUT2D eigenvalue weighted by Crippen LogP contribution is -2.25. The van der Waals surface area contributed by atoms with Crippen LogP contribution < -0.4 is 5.32 Å². The van der Waals surface area contributed by atoms with Crippen molar-refractivity contribution < 1.29 is 9.18 Å². The van der Waals surface area contributed by atoms with Crippen LogP contribution in [0.3, 0.4) is 0 Å². The van der Waals surface area contributed by atoms with Crippen LogP contribution in [0.1, 0.15) is 22.6 Å². The number of nitrogens with zero attached hydrogens (tertiary/aromatic N) is 4. The van der Waals surface area contributed by atoms with Crippen LogP contribution in [-0.4, -0.2) is 25.1 Å². The standard InChI is InChI=1S/C21H19BrFN5O/c1-13-19(14(2)28(26-13)18-6-4-16(23)5-7-18)9-21(29)24-10-17-12-27-11-15(22)3-8-20(27)25-17/h3-8,11-12H,9-10H2,1-2H3,(H,24,29). The number of rotatable bonds is 5. The fourth-order valence-corrected chi connectivity index (χ4v) is 3.63. The van der Waals surface area contributed by atoms with E-state index in [4.69, 9.17) is 0 Å². The third kappa shape index (κ3) is 4.07. The molecule has 3 heterocycles. The van der Waals surface area contributed by atoms with Gasteiger partial charge in [0.25, 0.3) is 0 Å². The van der Waals surface area contributed by atoms with Gasteiger partial charge in [0.05, 0.1) is 30.0 Å². The summed E-state index contributed by atoms with van der Waals surface area (Å²) >= 11 is 3.43. The molecule has 0 bridgehead atoms. The molecule has 0 aliphatic rings. The first-order valence-electron chi connectivity index (χ1n) is 9.11. The van der Waals surface area contributed by atoms with Crippen molar-refractivity contribution in [2.45, 2.75) is 26.8 Å². The summed E-state index contributed by atoms with van der Waals surface area (Å²) in [5, 5.41) is 7.43. The summed E-state index contributed by atoms with van der Waals surface area (Å²) in [6, 6.07) is 9.96. The Morgan fingerprint density at radius 2 is 1.90 bits per heavy atom. The molecule has 1 aromatic carbocycles. The minimum absolute atomic E-state index is 0.104. The van der Waals surface area contributed by atoms with Crippen LogP contribution in [0.25, 0.3) is 11.3 Å². The summed E-state index contributed by atoms with van der Waals surface area (Å²) < 4.78 is 17.8. The van der Waals surface area contributed by atoms with Crippen molar-refractivity contribution in [3.63, 3.8) is 0 Å². The van der Waals surface area contributed by atoms with Gasteiger partial charge in [-0.3, -0.25) is 4.79 Å². The van der Waals surface area contributed by atoms with Crippen LogP contribution in [0.2, 0.25) is 0 Å². The Balaban J connectivity index is 1.46. The highest BCUT2D eigenvalue weighted by Crippen LogP contribution is 2.19. The number of benzene rings is 1. The first-order chi connectivity index (χ1) is 13.9. The number of aromatic nitrogens is 4. The number of imidazole rings is 1. The van der Waals surface area contributed by atoms with E-state index >= 15 is 0 Å². The van der Waals surface area contributed by atoms with Crippen molar-refractivity contribution in [3.8, 4) is 5.69 Å². The normalized spacial score (nSPS) is 11.2. The number of amides is 1. The second-order valence-corrected chi connectivity index (χ2v) is 7.75. The first kappa shape index (κ1) is 19.3. The van der Waals surface area contributed by atoms with Crippen LogP contribution >= 0.6 is 15.9 Å². The average molecular weight is 456 g/mol. The van der Waals surface area contributed by atoms with Crippen molar-refractivity contribution in [2.24, 2.45) is 0 Å².